The SMILES string of the molecule is CCCN[Si](CCC)(OC)C(C)(C)C. The summed E-state index contributed by atoms with van der Waals surface area (Å²) in [5.74, 6) is 0. The van der Waals surface area contributed by atoms with Crippen LogP contribution in [0.1, 0.15) is 47.5 Å². The van der Waals surface area contributed by atoms with Crippen LogP contribution >= 0.6 is 0 Å². The molecule has 0 aliphatic carbocycles. The van der Waals surface area contributed by atoms with E-state index in [0.717, 1.165) is 6.54 Å². The summed E-state index contributed by atoms with van der Waals surface area (Å²) in [6.45, 7) is 12.4. The summed E-state index contributed by atoms with van der Waals surface area (Å²) >= 11 is 0. The molecule has 0 saturated carbocycles. The number of hydrogen-bond acceptors (Lipinski definition) is 2. The lowest BCUT2D eigenvalue weighted by Crippen LogP contribution is -2.59. The molecule has 1 unspecified atom stereocenters. The lowest BCUT2D eigenvalue weighted by atomic mass is 10.2. The van der Waals surface area contributed by atoms with E-state index in [-0.39, 0.29) is 5.04 Å². The summed E-state index contributed by atoms with van der Waals surface area (Å²) < 4.78 is 5.87. The highest BCUT2D eigenvalue weighted by Crippen LogP contribution is 2.37. The Kier molecular flexibility index (Phi) is 5.94. The van der Waals surface area contributed by atoms with Gasteiger partial charge in [0.25, 0.3) is 8.48 Å². The fourth-order valence-corrected chi connectivity index (χ4v) is 5.66. The van der Waals surface area contributed by atoms with Gasteiger partial charge in [0, 0.05) is 7.11 Å². The molecule has 14 heavy (non-hydrogen) atoms. The molecule has 1 atom stereocenters. The first-order valence-electron chi connectivity index (χ1n) is 5.73. The topological polar surface area (TPSA) is 21.3 Å². The highest BCUT2D eigenvalue weighted by molar-refractivity contribution is 6.74. The lowest BCUT2D eigenvalue weighted by molar-refractivity contribution is 0.341. The molecule has 3 heteroatoms. The van der Waals surface area contributed by atoms with Gasteiger partial charge in [-0.05, 0) is 24.0 Å². The third kappa shape index (κ3) is 3.37. The molecule has 2 nitrogen and oxygen atoms in total. The molecule has 86 valence electrons. The van der Waals surface area contributed by atoms with Crippen LogP contribution in [0.4, 0.5) is 0 Å². The van der Waals surface area contributed by atoms with Crippen molar-refractivity contribution < 1.29 is 4.43 Å². The molecule has 0 bridgehead atoms. The maximum atomic E-state index is 5.87. The molecule has 0 aromatic heterocycles. The Labute approximate surface area is 90.6 Å². The fraction of sp³-hybridized carbons (Fsp3) is 1.00. The molecular weight excluding hydrogens is 190 g/mol. The molecule has 0 aliphatic rings. The smallest absolute Gasteiger partial charge is 0.273 e. The van der Waals surface area contributed by atoms with Crippen LogP contribution in [0.25, 0.3) is 0 Å². The Morgan fingerprint density at radius 3 is 2.00 bits per heavy atom. The van der Waals surface area contributed by atoms with Crippen LogP contribution in [0, 0.1) is 0 Å². The van der Waals surface area contributed by atoms with Crippen LogP contribution in [0.2, 0.25) is 11.1 Å². The van der Waals surface area contributed by atoms with E-state index < -0.39 is 8.48 Å². The Bertz CT molecular complexity index is 156. The van der Waals surface area contributed by atoms with Crippen molar-refractivity contribution in [3.05, 3.63) is 0 Å². The quantitative estimate of drug-likeness (QED) is 0.689. The van der Waals surface area contributed by atoms with Gasteiger partial charge in [0.2, 0.25) is 0 Å². The Morgan fingerprint density at radius 2 is 1.71 bits per heavy atom. The highest BCUT2D eigenvalue weighted by atomic mass is 28.4. The van der Waals surface area contributed by atoms with Crippen molar-refractivity contribution in [3.63, 3.8) is 0 Å². The van der Waals surface area contributed by atoms with Gasteiger partial charge in [-0.2, -0.15) is 0 Å². The summed E-state index contributed by atoms with van der Waals surface area (Å²) in [4.78, 5) is 3.69. The van der Waals surface area contributed by atoms with Crippen LogP contribution in [-0.2, 0) is 4.43 Å². The first-order valence-corrected chi connectivity index (χ1v) is 7.85. The van der Waals surface area contributed by atoms with Gasteiger partial charge in [-0.1, -0.05) is 41.0 Å². The molecule has 0 radical (unpaired) electrons. The zero-order valence-corrected chi connectivity index (χ0v) is 11.7. The highest BCUT2D eigenvalue weighted by Gasteiger charge is 2.44. The van der Waals surface area contributed by atoms with Crippen molar-refractivity contribution in [1.82, 2.24) is 4.98 Å². The maximum Gasteiger partial charge on any atom is 0.273 e. The Balaban J connectivity index is 4.60. The molecule has 0 spiro atoms. The largest absolute Gasteiger partial charge is 0.406 e. The van der Waals surface area contributed by atoms with E-state index in [2.05, 4.69) is 39.6 Å². The molecule has 0 aromatic rings. The summed E-state index contributed by atoms with van der Waals surface area (Å²) in [6.07, 6.45) is 2.38. The minimum absolute atomic E-state index is 0.271. The molecule has 0 aliphatic heterocycles. The zero-order valence-electron chi connectivity index (χ0n) is 10.7. The van der Waals surface area contributed by atoms with Gasteiger partial charge in [0.1, 0.15) is 0 Å². The van der Waals surface area contributed by atoms with Gasteiger partial charge >= 0.3 is 0 Å². The predicted octanol–water partition coefficient (Wildman–Crippen LogP) is 3.28. The number of hydrogen-bond donors (Lipinski definition) is 1. The summed E-state index contributed by atoms with van der Waals surface area (Å²) in [7, 11) is 0.129. The van der Waals surface area contributed by atoms with Crippen molar-refractivity contribution in [2.45, 2.75) is 58.5 Å². The molecule has 0 heterocycles. The van der Waals surface area contributed by atoms with Gasteiger partial charge in [0.05, 0.1) is 0 Å². The summed E-state index contributed by atoms with van der Waals surface area (Å²) in [6, 6.07) is 1.20. The summed E-state index contributed by atoms with van der Waals surface area (Å²) in [5, 5.41) is 0.271. The van der Waals surface area contributed by atoms with Gasteiger partial charge < -0.3 is 9.41 Å². The molecule has 0 saturated heterocycles. The molecule has 0 amide bonds. The Hall–Kier alpha value is 0.137. The fourth-order valence-electron chi connectivity index (χ4n) is 1.89. The van der Waals surface area contributed by atoms with Crippen LogP contribution in [0.15, 0.2) is 0 Å². The van der Waals surface area contributed by atoms with E-state index in [4.69, 9.17) is 4.43 Å². The minimum atomic E-state index is -1.74. The molecule has 0 rings (SSSR count). The van der Waals surface area contributed by atoms with Crippen molar-refractivity contribution in [2.24, 2.45) is 0 Å². The van der Waals surface area contributed by atoms with E-state index in [9.17, 15) is 0 Å². The Morgan fingerprint density at radius 1 is 1.14 bits per heavy atom. The van der Waals surface area contributed by atoms with Crippen LogP contribution < -0.4 is 4.98 Å². The van der Waals surface area contributed by atoms with Gasteiger partial charge in [-0.3, -0.25) is 0 Å². The predicted molar refractivity (Wildman–Crippen MR) is 65.9 cm³/mol. The molecular formula is C11H27NOSi. The van der Waals surface area contributed by atoms with Gasteiger partial charge in [-0.25, -0.2) is 0 Å². The number of nitrogens with one attached hydrogen (secondary N) is 1. The van der Waals surface area contributed by atoms with Crippen LogP contribution in [0.3, 0.4) is 0 Å². The lowest BCUT2D eigenvalue weighted by Gasteiger charge is -2.41. The second kappa shape index (κ2) is 5.88. The first kappa shape index (κ1) is 14.1. The average molecular weight is 217 g/mol. The second-order valence-corrected chi connectivity index (χ2v) is 9.37. The van der Waals surface area contributed by atoms with Crippen molar-refractivity contribution in [2.75, 3.05) is 13.7 Å². The van der Waals surface area contributed by atoms with Crippen molar-refractivity contribution in [3.8, 4) is 0 Å². The number of rotatable bonds is 6. The molecule has 0 aromatic carbocycles. The van der Waals surface area contributed by atoms with Crippen molar-refractivity contribution in [1.29, 1.82) is 0 Å². The summed E-state index contributed by atoms with van der Waals surface area (Å²) in [5.41, 5.74) is 0. The first-order chi connectivity index (χ1) is 6.43. The van der Waals surface area contributed by atoms with Crippen molar-refractivity contribution >= 4 is 8.48 Å². The zero-order chi connectivity index (χ0) is 11.2. The van der Waals surface area contributed by atoms with Gasteiger partial charge in [-0.15, -0.1) is 0 Å². The van der Waals surface area contributed by atoms with E-state index in [0.29, 0.717) is 0 Å². The van der Waals surface area contributed by atoms with E-state index in [1.54, 1.807) is 0 Å². The normalized spacial score (nSPS) is 16.7. The minimum Gasteiger partial charge on any atom is -0.406 e. The third-order valence-electron chi connectivity index (χ3n) is 2.82. The average Bonchev–Trinajstić information content (AvgIpc) is 2.10. The molecule has 1 N–H and O–H groups in total. The van der Waals surface area contributed by atoms with Crippen LogP contribution in [-0.4, -0.2) is 22.1 Å². The monoisotopic (exact) mass is 217 g/mol. The van der Waals surface area contributed by atoms with Gasteiger partial charge in [0.15, 0.2) is 0 Å². The van der Waals surface area contributed by atoms with E-state index >= 15 is 0 Å². The molecule has 0 fully saturated rings. The van der Waals surface area contributed by atoms with E-state index in [1.165, 1.54) is 18.9 Å². The maximum absolute atomic E-state index is 5.87. The van der Waals surface area contributed by atoms with Crippen LogP contribution in [0.5, 0.6) is 0 Å². The third-order valence-corrected chi connectivity index (χ3v) is 7.97. The second-order valence-electron chi connectivity index (χ2n) is 4.96. The van der Waals surface area contributed by atoms with E-state index in [1.807, 2.05) is 7.11 Å². The standard InChI is InChI=1S/C11H27NOSi/c1-7-9-12-14(13-6,10-8-2)11(3,4)5/h12H,7-10H2,1-6H3.